The van der Waals surface area contributed by atoms with Gasteiger partial charge >= 0.3 is 6.08 Å². The number of aromatic nitrogens is 2. The van der Waals surface area contributed by atoms with Gasteiger partial charge in [-0.25, -0.2) is 4.98 Å². The van der Waals surface area contributed by atoms with Gasteiger partial charge in [-0.3, -0.25) is 0 Å². The summed E-state index contributed by atoms with van der Waals surface area (Å²) in [5.41, 5.74) is 3.24. The number of nitrogens with zero attached hydrogens (tertiary/aromatic N) is 2. The SMILES string of the molecule is CC(C)Oc1nc2c(OCc3ccccc3)ccc(-c3nccs3)c2o1. The summed E-state index contributed by atoms with van der Waals surface area (Å²) < 4.78 is 17.5. The van der Waals surface area contributed by atoms with E-state index >= 15 is 0 Å². The first-order chi connectivity index (χ1) is 12.7. The lowest BCUT2D eigenvalue weighted by Gasteiger charge is -2.07. The average Bonchev–Trinajstić information content (AvgIpc) is 3.29. The molecule has 0 aliphatic rings. The van der Waals surface area contributed by atoms with Crippen LogP contribution >= 0.6 is 11.3 Å². The summed E-state index contributed by atoms with van der Waals surface area (Å²) >= 11 is 1.55. The van der Waals surface area contributed by atoms with E-state index in [0.29, 0.717) is 23.5 Å². The zero-order valence-corrected chi connectivity index (χ0v) is 15.3. The zero-order valence-electron chi connectivity index (χ0n) is 14.5. The molecule has 0 fully saturated rings. The first kappa shape index (κ1) is 16.6. The second-order valence-electron chi connectivity index (χ2n) is 6.05. The van der Waals surface area contributed by atoms with Crippen LogP contribution in [0.4, 0.5) is 0 Å². The maximum absolute atomic E-state index is 6.00. The number of hydrogen-bond acceptors (Lipinski definition) is 6. The van der Waals surface area contributed by atoms with Crippen LogP contribution in [0.15, 0.2) is 58.5 Å². The summed E-state index contributed by atoms with van der Waals surface area (Å²) in [4.78, 5) is 8.88. The van der Waals surface area contributed by atoms with Crippen molar-refractivity contribution in [3.63, 3.8) is 0 Å². The van der Waals surface area contributed by atoms with Gasteiger partial charge in [0, 0.05) is 11.6 Å². The summed E-state index contributed by atoms with van der Waals surface area (Å²) in [7, 11) is 0. The third-order valence-corrected chi connectivity index (χ3v) is 4.53. The molecular weight excluding hydrogens is 348 g/mol. The van der Waals surface area contributed by atoms with Crippen LogP contribution in [-0.4, -0.2) is 16.1 Å². The van der Waals surface area contributed by atoms with Gasteiger partial charge in [0.05, 0.1) is 11.7 Å². The smallest absolute Gasteiger partial charge is 0.395 e. The Kier molecular flexibility index (Phi) is 4.58. The number of ether oxygens (including phenoxy) is 2. The van der Waals surface area contributed by atoms with E-state index in [1.165, 1.54) is 0 Å². The minimum atomic E-state index is -0.0277. The second kappa shape index (κ2) is 7.17. The zero-order chi connectivity index (χ0) is 17.9. The molecule has 0 radical (unpaired) electrons. The number of benzene rings is 2. The van der Waals surface area contributed by atoms with Crippen molar-refractivity contribution in [2.45, 2.75) is 26.6 Å². The Morgan fingerprint density at radius 3 is 2.69 bits per heavy atom. The second-order valence-corrected chi connectivity index (χ2v) is 6.94. The highest BCUT2D eigenvalue weighted by molar-refractivity contribution is 7.13. The molecule has 0 atom stereocenters. The molecule has 0 unspecified atom stereocenters. The molecular formula is C20H18N2O3S. The van der Waals surface area contributed by atoms with Crippen molar-refractivity contribution in [1.29, 1.82) is 0 Å². The van der Waals surface area contributed by atoms with E-state index in [1.807, 2.05) is 61.7 Å². The quantitative estimate of drug-likeness (QED) is 0.462. The maximum Gasteiger partial charge on any atom is 0.395 e. The minimum absolute atomic E-state index is 0.0277. The molecule has 0 saturated carbocycles. The molecule has 2 aromatic carbocycles. The number of fused-ring (bicyclic) bond motifs is 1. The van der Waals surface area contributed by atoms with Crippen LogP contribution in [0.2, 0.25) is 0 Å². The van der Waals surface area contributed by atoms with Crippen LogP contribution in [0.3, 0.4) is 0 Å². The average molecular weight is 366 g/mol. The summed E-state index contributed by atoms with van der Waals surface area (Å²) in [6.07, 6.45) is 1.98. The predicted molar refractivity (Wildman–Crippen MR) is 102 cm³/mol. The molecule has 132 valence electrons. The van der Waals surface area contributed by atoms with Gasteiger partial charge < -0.3 is 13.9 Å². The highest BCUT2D eigenvalue weighted by Gasteiger charge is 2.19. The fraction of sp³-hybridized carbons (Fsp3) is 0.200. The lowest BCUT2D eigenvalue weighted by Crippen LogP contribution is -2.05. The van der Waals surface area contributed by atoms with Gasteiger partial charge in [-0.05, 0) is 31.5 Å². The number of rotatable bonds is 6. The highest BCUT2D eigenvalue weighted by atomic mass is 32.1. The fourth-order valence-electron chi connectivity index (χ4n) is 2.59. The van der Waals surface area contributed by atoms with Gasteiger partial charge in [0.15, 0.2) is 11.1 Å². The third kappa shape index (κ3) is 3.41. The summed E-state index contributed by atoms with van der Waals surface area (Å²) in [6, 6.07) is 13.9. The van der Waals surface area contributed by atoms with Crippen molar-refractivity contribution in [2.24, 2.45) is 0 Å². The van der Waals surface area contributed by atoms with Crippen molar-refractivity contribution in [3.05, 3.63) is 59.6 Å². The van der Waals surface area contributed by atoms with E-state index in [-0.39, 0.29) is 12.2 Å². The molecule has 0 spiro atoms. The lowest BCUT2D eigenvalue weighted by molar-refractivity contribution is 0.180. The topological polar surface area (TPSA) is 57.4 Å². The number of oxazole rings is 1. The summed E-state index contributed by atoms with van der Waals surface area (Å²) in [6.45, 7) is 4.33. The Bertz CT molecular complexity index is 995. The first-order valence-electron chi connectivity index (χ1n) is 8.37. The van der Waals surface area contributed by atoms with Crippen molar-refractivity contribution in [2.75, 3.05) is 0 Å². The molecule has 4 rings (SSSR count). The van der Waals surface area contributed by atoms with E-state index in [9.17, 15) is 0 Å². The van der Waals surface area contributed by atoms with Crippen molar-refractivity contribution < 1.29 is 13.9 Å². The van der Waals surface area contributed by atoms with Crippen LogP contribution < -0.4 is 9.47 Å². The van der Waals surface area contributed by atoms with Crippen LogP contribution in [-0.2, 0) is 6.61 Å². The predicted octanol–water partition coefficient (Wildman–Crippen LogP) is 5.32. The maximum atomic E-state index is 6.00. The number of thiazole rings is 1. The van der Waals surface area contributed by atoms with Gasteiger partial charge in [0.1, 0.15) is 17.4 Å². The normalized spacial score (nSPS) is 11.2. The van der Waals surface area contributed by atoms with Crippen LogP contribution in [0.5, 0.6) is 11.8 Å². The van der Waals surface area contributed by atoms with Crippen molar-refractivity contribution in [3.8, 4) is 22.4 Å². The number of hydrogen-bond donors (Lipinski definition) is 0. The Morgan fingerprint density at radius 1 is 1.12 bits per heavy atom. The molecule has 5 nitrogen and oxygen atoms in total. The molecule has 4 aromatic rings. The highest BCUT2D eigenvalue weighted by Crippen LogP contribution is 2.37. The third-order valence-electron chi connectivity index (χ3n) is 3.72. The monoisotopic (exact) mass is 366 g/mol. The van der Waals surface area contributed by atoms with E-state index < -0.39 is 0 Å². The molecule has 0 N–H and O–H groups in total. The first-order valence-corrected chi connectivity index (χ1v) is 9.25. The van der Waals surface area contributed by atoms with E-state index in [2.05, 4.69) is 9.97 Å². The Balaban J connectivity index is 1.73. The Hall–Kier alpha value is -2.86. The molecule has 0 aliphatic carbocycles. The molecule has 2 heterocycles. The van der Waals surface area contributed by atoms with Crippen molar-refractivity contribution in [1.82, 2.24) is 9.97 Å². The van der Waals surface area contributed by atoms with Crippen LogP contribution in [0.1, 0.15) is 19.4 Å². The Morgan fingerprint density at radius 2 is 1.96 bits per heavy atom. The van der Waals surface area contributed by atoms with Gasteiger partial charge in [-0.15, -0.1) is 11.3 Å². The van der Waals surface area contributed by atoms with Gasteiger partial charge in [0.25, 0.3) is 0 Å². The lowest BCUT2D eigenvalue weighted by atomic mass is 10.2. The van der Waals surface area contributed by atoms with E-state index in [1.54, 1.807) is 17.5 Å². The minimum Gasteiger partial charge on any atom is -0.486 e. The van der Waals surface area contributed by atoms with E-state index in [0.717, 1.165) is 16.1 Å². The summed E-state index contributed by atoms with van der Waals surface area (Å²) in [5, 5.41) is 2.81. The molecule has 26 heavy (non-hydrogen) atoms. The molecule has 2 aromatic heterocycles. The largest absolute Gasteiger partial charge is 0.486 e. The molecule has 0 saturated heterocycles. The van der Waals surface area contributed by atoms with E-state index in [4.69, 9.17) is 13.9 Å². The molecule has 6 heteroatoms. The van der Waals surface area contributed by atoms with Gasteiger partial charge in [-0.1, -0.05) is 30.3 Å². The summed E-state index contributed by atoms with van der Waals surface area (Å²) in [5.74, 6) is 0.659. The van der Waals surface area contributed by atoms with Gasteiger partial charge in [-0.2, -0.15) is 4.98 Å². The van der Waals surface area contributed by atoms with Crippen LogP contribution in [0.25, 0.3) is 21.7 Å². The molecule has 0 bridgehead atoms. The molecule has 0 aliphatic heterocycles. The molecule has 0 amide bonds. The standard InChI is InChI=1S/C20H18N2O3S/c1-13(2)24-20-22-17-16(23-12-14-6-4-3-5-7-14)9-8-15(18(17)25-20)19-21-10-11-26-19/h3-11,13H,12H2,1-2H3. The van der Waals surface area contributed by atoms with Crippen molar-refractivity contribution >= 4 is 22.4 Å². The van der Waals surface area contributed by atoms with Gasteiger partial charge in [0.2, 0.25) is 0 Å². The fourth-order valence-corrected chi connectivity index (χ4v) is 3.25. The van der Waals surface area contributed by atoms with Crippen LogP contribution in [0, 0.1) is 0 Å². The Labute approximate surface area is 155 Å².